The van der Waals surface area contributed by atoms with Gasteiger partial charge in [0, 0.05) is 6.54 Å². The lowest BCUT2D eigenvalue weighted by molar-refractivity contribution is -0.159. The van der Waals surface area contributed by atoms with Gasteiger partial charge in [-0.3, -0.25) is 4.79 Å². The van der Waals surface area contributed by atoms with Gasteiger partial charge in [-0.1, -0.05) is 13.3 Å². The van der Waals surface area contributed by atoms with Crippen LogP contribution in [0.5, 0.6) is 0 Å². The normalized spacial score (nSPS) is 19.7. The van der Waals surface area contributed by atoms with Crippen molar-refractivity contribution in [2.45, 2.75) is 26.2 Å². The Kier molecular flexibility index (Phi) is 3.31. The summed E-state index contributed by atoms with van der Waals surface area (Å²) in [6, 6.07) is 0. The van der Waals surface area contributed by atoms with Gasteiger partial charge in [0.05, 0.1) is 12.5 Å². The SMILES string of the molecule is CCN(C)CC1(C(=O)OC)CCC1. The summed E-state index contributed by atoms with van der Waals surface area (Å²) in [4.78, 5) is 13.7. The molecule has 1 aliphatic rings. The first kappa shape index (κ1) is 10.5. The van der Waals surface area contributed by atoms with Crippen molar-refractivity contribution >= 4 is 5.97 Å². The molecule has 0 saturated heterocycles. The van der Waals surface area contributed by atoms with Crippen LogP contribution in [0.25, 0.3) is 0 Å². The van der Waals surface area contributed by atoms with Gasteiger partial charge in [0.15, 0.2) is 0 Å². The Hall–Kier alpha value is -0.570. The van der Waals surface area contributed by atoms with Crippen LogP contribution in [-0.4, -0.2) is 38.1 Å². The monoisotopic (exact) mass is 185 g/mol. The Bertz CT molecular complexity index is 187. The van der Waals surface area contributed by atoms with Gasteiger partial charge in [0.25, 0.3) is 0 Å². The summed E-state index contributed by atoms with van der Waals surface area (Å²) < 4.78 is 4.84. The molecule has 0 bridgehead atoms. The molecule has 1 aliphatic carbocycles. The zero-order valence-corrected chi connectivity index (χ0v) is 8.80. The predicted molar refractivity (Wildman–Crippen MR) is 51.5 cm³/mol. The first-order valence-corrected chi connectivity index (χ1v) is 4.91. The number of rotatable bonds is 4. The maximum absolute atomic E-state index is 11.5. The van der Waals surface area contributed by atoms with Crippen molar-refractivity contribution in [2.24, 2.45) is 5.41 Å². The molecule has 0 aromatic carbocycles. The smallest absolute Gasteiger partial charge is 0.313 e. The minimum absolute atomic E-state index is 0.0287. The summed E-state index contributed by atoms with van der Waals surface area (Å²) in [6.45, 7) is 3.93. The molecule has 0 radical (unpaired) electrons. The highest BCUT2D eigenvalue weighted by Gasteiger charge is 2.45. The van der Waals surface area contributed by atoms with E-state index in [0.717, 1.165) is 32.4 Å². The van der Waals surface area contributed by atoms with Gasteiger partial charge in [-0.15, -0.1) is 0 Å². The largest absolute Gasteiger partial charge is 0.469 e. The third-order valence-electron chi connectivity index (χ3n) is 3.04. The van der Waals surface area contributed by atoms with E-state index < -0.39 is 0 Å². The Morgan fingerprint density at radius 3 is 2.46 bits per heavy atom. The summed E-state index contributed by atoms with van der Waals surface area (Å²) in [6.07, 6.45) is 3.14. The first-order chi connectivity index (χ1) is 6.14. The number of hydrogen-bond donors (Lipinski definition) is 0. The molecule has 0 unspecified atom stereocenters. The van der Waals surface area contributed by atoms with Gasteiger partial charge < -0.3 is 9.64 Å². The van der Waals surface area contributed by atoms with Crippen molar-refractivity contribution < 1.29 is 9.53 Å². The van der Waals surface area contributed by atoms with Crippen LogP contribution in [0.2, 0.25) is 0 Å². The molecule has 0 heterocycles. The quantitative estimate of drug-likeness (QED) is 0.618. The molecule has 1 saturated carbocycles. The van der Waals surface area contributed by atoms with Gasteiger partial charge in [-0.2, -0.15) is 0 Å². The first-order valence-electron chi connectivity index (χ1n) is 4.91. The minimum Gasteiger partial charge on any atom is -0.469 e. The lowest BCUT2D eigenvalue weighted by Crippen LogP contribution is -2.47. The van der Waals surface area contributed by atoms with Crippen molar-refractivity contribution in [1.82, 2.24) is 4.90 Å². The van der Waals surface area contributed by atoms with E-state index in [4.69, 9.17) is 4.74 Å². The van der Waals surface area contributed by atoms with Crippen LogP contribution in [0, 0.1) is 5.41 Å². The van der Waals surface area contributed by atoms with Crippen LogP contribution in [0.4, 0.5) is 0 Å². The highest BCUT2D eigenvalue weighted by atomic mass is 16.5. The van der Waals surface area contributed by atoms with Crippen molar-refractivity contribution in [1.29, 1.82) is 0 Å². The molecule has 1 rings (SSSR count). The van der Waals surface area contributed by atoms with Crippen molar-refractivity contribution in [3.8, 4) is 0 Å². The zero-order chi connectivity index (χ0) is 9.90. The number of carbonyl (C=O) groups is 1. The highest BCUT2D eigenvalue weighted by molar-refractivity contribution is 5.78. The number of nitrogens with zero attached hydrogens (tertiary/aromatic N) is 1. The maximum atomic E-state index is 11.5. The molecular formula is C10H19NO2. The molecule has 0 N–H and O–H groups in total. The second-order valence-corrected chi connectivity index (χ2v) is 3.96. The third-order valence-corrected chi connectivity index (χ3v) is 3.04. The Morgan fingerprint density at radius 1 is 1.54 bits per heavy atom. The van der Waals surface area contributed by atoms with Crippen LogP contribution in [0.3, 0.4) is 0 Å². The van der Waals surface area contributed by atoms with E-state index in [2.05, 4.69) is 11.8 Å². The predicted octanol–water partition coefficient (Wildman–Crippen LogP) is 1.28. The summed E-state index contributed by atoms with van der Waals surface area (Å²) in [5.74, 6) is -0.0287. The van der Waals surface area contributed by atoms with Crippen molar-refractivity contribution in [3.05, 3.63) is 0 Å². The molecular weight excluding hydrogens is 166 g/mol. The number of esters is 1. The van der Waals surface area contributed by atoms with Gasteiger partial charge in [-0.05, 0) is 26.4 Å². The number of methoxy groups -OCH3 is 1. The lowest BCUT2D eigenvalue weighted by atomic mass is 9.68. The summed E-state index contributed by atoms with van der Waals surface area (Å²) in [7, 11) is 3.53. The van der Waals surface area contributed by atoms with Crippen LogP contribution >= 0.6 is 0 Å². The fraction of sp³-hybridized carbons (Fsp3) is 0.900. The molecule has 0 atom stereocenters. The van der Waals surface area contributed by atoms with E-state index in [9.17, 15) is 4.79 Å². The molecule has 3 nitrogen and oxygen atoms in total. The number of carbonyl (C=O) groups excluding carboxylic acids is 1. The summed E-state index contributed by atoms with van der Waals surface area (Å²) in [5.41, 5.74) is -0.181. The molecule has 13 heavy (non-hydrogen) atoms. The fourth-order valence-corrected chi connectivity index (χ4v) is 1.88. The molecule has 0 amide bonds. The topological polar surface area (TPSA) is 29.5 Å². The Morgan fingerprint density at radius 2 is 2.15 bits per heavy atom. The Balaban J connectivity index is 2.54. The standard InChI is InChI=1S/C10H19NO2/c1-4-11(2)8-10(6-5-7-10)9(12)13-3/h4-8H2,1-3H3. The molecule has 0 aliphatic heterocycles. The molecule has 0 aromatic heterocycles. The van der Waals surface area contributed by atoms with Crippen molar-refractivity contribution in [3.63, 3.8) is 0 Å². The average Bonchev–Trinajstić information content (AvgIpc) is 2.09. The van der Waals surface area contributed by atoms with Gasteiger partial charge in [0.2, 0.25) is 0 Å². The second-order valence-electron chi connectivity index (χ2n) is 3.96. The van der Waals surface area contributed by atoms with E-state index >= 15 is 0 Å². The van der Waals surface area contributed by atoms with Crippen LogP contribution in [0.15, 0.2) is 0 Å². The molecule has 3 heteroatoms. The number of hydrogen-bond acceptors (Lipinski definition) is 3. The molecule has 76 valence electrons. The van der Waals surface area contributed by atoms with E-state index in [-0.39, 0.29) is 11.4 Å². The molecule has 1 fully saturated rings. The summed E-state index contributed by atoms with van der Waals surface area (Å²) in [5, 5.41) is 0. The van der Waals surface area contributed by atoms with E-state index in [0.29, 0.717) is 0 Å². The maximum Gasteiger partial charge on any atom is 0.313 e. The van der Waals surface area contributed by atoms with Gasteiger partial charge in [-0.25, -0.2) is 0 Å². The average molecular weight is 185 g/mol. The highest BCUT2D eigenvalue weighted by Crippen LogP contribution is 2.42. The Labute approximate surface area is 80.1 Å². The van der Waals surface area contributed by atoms with Crippen LogP contribution in [0.1, 0.15) is 26.2 Å². The van der Waals surface area contributed by atoms with E-state index in [1.807, 2.05) is 7.05 Å². The third kappa shape index (κ3) is 2.02. The van der Waals surface area contributed by atoms with Crippen LogP contribution in [-0.2, 0) is 9.53 Å². The second kappa shape index (κ2) is 4.09. The lowest BCUT2D eigenvalue weighted by Gasteiger charge is -2.41. The van der Waals surface area contributed by atoms with Gasteiger partial charge in [0.1, 0.15) is 0 Å². The van der Waals surface area contributed by atoms with Crippen LogP contribution < -0.4 is 0 Å². The van der Waals surface area contributed by atoms with E-state index in [1.165, 1.54) is 7.11 Å². The zero-order valence-electron chi connectivity index (χ0n) is 8.80. The fourth-order valence-electron chi connectivity index (χ4n) is 1.88. The molecule has 0 aromatic rings. The number of ether oxygens (including phenoxy) is 1. The van der Waals surface area contributed by atoms with Gasteiger partial charge >= 0.3 is 5.97 Å². The minimum atomic E-state index is -0.181. The van der Waals surface area contributed by atoms with E-state index in [1.54, 1.807) is 0 Å². The summed E-state index contributed by atoms with van der Waals surface area (Å²) >= 11 is 0. The molecule has 0 spiro atoms. The van der Waals surface area contributed by atoms with Crippen molar-refractivity contribution in [2.75, 3.05) is 27.2 Å².